The summed E-state index contributed by atoms with van der Waals surface area (Å²) in [6.45, 7) is 5.38. The zero-order valence-electron chi connectivity index (χ0n) is 11.4. The average molecular weight is 273 g/mol. The molecule has 3 nitrogen and oxygen atoms in total. The van der Waals surface area contributed by atoms with Gasteiger partial charge in [-0.1, -0.05) is 19.9 Å². The van der Waals surface area contributed by atoms with Crippen LogP contribution in [0.4, 0.5) is 8.78 Å². The number of benzene rings is 1. The molecule has 0 heterocycles. The standard InChI is InChI=1S/C14H21F2NO2/c1-3-7-18-12-6-5-11(9-17-4-2)13(8-12)19-10-14(15)16/h5-6,8,14,17H,3-4,7,9-10H2,1-2H3. The molecule has 1 aromatic carbocycles. The Morgan fingerprint density at radius 3 is 2.63 bits per heavy atom. The SMILES string of the molecule is CCCOc1ccc(CNCC)c(OCC(F)F)c1. The minimum Gasteiger partial charge on any atom is -0.493 e. The molecule has 0 atom stereocenters. The predicted octanol–water partition coefficient (Wildman–Crippen LogP) is 3.23. The van der Waals surface area contributed by atoms with Crippen LogP contribution in [0, 0.1) is 0 Å². The molecule has 5 heteroatoms. The Balaban J connectivity index is 2.77. The molecular formula is C14H21F2NO2. The number of nitrogens with one attached hydrogen (secondary N) is 1. The number of rotatable bonds is 9. The molecule has 1 rings (SSSR count). The van der Waals surface area contributed by atoms with Crippen LogP contribution in [0.15, 0.2) is 18.2 Å². The molecule has 0 unspecified atom stereocenters. The fraction of sp³-hybridized carbons (Fsp3) is 0.571. The fourth-order valence-electron chi connectivity index (χ4n) is 1.54. The molecule has 0 radical (unpaired) electrons. The molecule has 0 aliphatic heterocycles. The number of halogens is 2. The Hall–Kier alpha value is -1.36. The van der Waals surface area contributed by atoms with Crippen molar-refractivity contribution in [3.05, 3.63) is 23.8 Å². The van der Waals surface area contributed by atoms with Gasteiger partial charge in [0.1, 0.15) is 18.1 Å². The molecule has 0 bridgehead atoms. The maximum absolute atomic E-state index is 12.2. The van der Waals surface area contributed by atoms with E-state index in [0.29, 0.717) is 24.7 Å². The molecule has 0 fully saturated rings. The third-order valence-electron chi connectivity index (χ3n) is 2.44. The summed E-state index contributed by atoms with van der Waals surface area (Å²) in [5.41, 5.74) is 0.853. The van der Waals surface area contributed by atoms with Gasteiger partial charge in [0.15, 0.2) is 0 Å². The maximum atomic E-state index is 12.2. The molecule has 0 aliphatic carbocycles. The van der Waals surface area contributed by atoms with Crippen molar-refractivity contribution in [3.8, 4) is 11.5 Å². The van der Waals surface area contributed by atoms with E-state index in [2.05, 4.69) is 5.32 Å². The highest BCUT2D eigenvalue weighted by Crippen LogP contribution is 2.25. The third-order valence-corrected chi connectivity index (χ3v) is 2.44. The monoisotopic (exact) mass is 273 g/mol. The number of hydrogen-bond donors (Lipinski definition) is 1. The van der Waals surface area contributed by atoms with E-state index in [1.807, 2.05) is 26.0 Å². The summed E-state index contributed by atoms with van der Waals surface area (Å²) in [4.78, 5) is 0. The molecule has 0 amide bonds. The van der Waals surface area contributed by atoms with Crippen molar-refractivity contribution in [2.45, 2.75) is 33.2 Å². The molecule has 0 saturated carbocycles. The maximum Gasteiger partial charge on any atom is 0.272 e. The molecule has 1 aromatic rings. The van der Waals surface area contributed by atoms with Gasteiger partial charge in [0.25, 0.3) is 6.43 Å². The quantitative estimate of drug-likeness (QED) is 0.749. The van der Waals surface area contributed by atoms with E-state index >= 15 is 0 Å². The summed E-state index contributed by atoms with van der Waals surface area (Å²) in [6.07, 6.45) is -1.58. The van der Waals surface area contributed by atoms with E-state index in [9.17, 15) is 8.78 Å². The van der Waals surface area contributed by atoms with Gasteiger partial charge in [-0.25, -0.2) is 8.78 Å². The number of hydrogen-bond acceptors (Lipinski definition) is 3. The van der Waals surface area contributed by atoms with Crippen LogP contribution in [0.3, 0.4) is 0 Å². The van der Waals surface area contributed by atoms with Crippen LogP contribution in [-0.2, 0) is 6.54 Å². The number of ether oxygens (including phenoxy) is 2. The van der Waals surface area contributed by atoms with Gasteiger partial charge in [0, 0.05) is 18.2 Å². The van der Waals surface area contributed by atoms with Crippen molar-refractivity contribution in [2.24, 2.45) is 0 Å². The Morgan fingerprint density at radius 1 is 1.21 bits per heavy atom. The largest absolute Gasteiger partial charge is 0.493 e. The molecule has 108 valence electrons. The summed E-state index contributed by atoms with van der Waals surface area (Å²) in [7, 11) is 0. The van der Waals surface area contributed by atoms with E-state index in [1.165, 1.54) is 0 Å². The Bertz CT molecular complexity index is 372. The summed E-state index contributed by atoms with van der Waals surface area (Å²) in [5.74, 6) is 1.10. The summed E-state index contributed by atoms with van der Waals surface area (Å²) < 4.78 is 35.1. The van der Waals surface area contributed by atoms with Gasteiger partial charge in [-0.3, -0.25) is 0 Å². The van der Waals surface area contributed by atoms with Gasteiger partial charge in [0.2, 0.25) is 0 Å². The highest BCUT2D eigenvalue weighted by Gasteiger charge is 2.09. The second-order valence-electron chi connectivity index (χ2n) is 4.10. The normalized spacial score (nSPS) is 10.8. The molecular weight excluding hydrogens is 252 g/mol. The third kappa shape index (κ3) is 5.87. The van der Waals surface area contributed by atoms with Gasteiger partial charge in [-0.05, 0) is 19.0 Å². The first-order chi connectivity index (χ1) is 9.17. The van der Waals surface area contributed by atoms with Gasteiger partial charge < -0.3 is 14.8 Å². The summed E-state index contributed by atoms with van der Waals surface area (Å²) in [5, 5.41) is 3.15. The topological polar surface area (TPSA) is 30.5 Å². The van der Waals surface area contributed by atoms with E-state index in [-0.39, 0.29) is 0 Å². The molecule has 0 saturated heterocycles. The van der Waals surface area contributed by atoms with Gasteiger partial charge in [0.05, 0.1) is 6.61 Å². The van der Waals surface area contributed by atoms with Crippen LogP contribution < -0.4 is 14.8 Å². The highest BCUT2D eigenvalue weighted by molar-refractivity contribution is 5.40. The lowest BCUT2D eigenvalue weighted by Crippen LogP contribution is -2.14. The highest BCUT2D eigenvalue weighted by atomic mass is 19.3. The van der Waals surface area contributed by atoms with Gasteiger partial charge in [-0.15, -0.1) is 0 Å². The van der Waals surface area contributed by atoms with Crippen molar-refractivity contribution in [1.82, 2.24) is 5.32 Å². The van der Waals surface area contributed by atoms with Crippen LogP contribution in [-0.4, -0.2) is 26.2 Å². The van der Waals surface area contributed by atoms with Gasteiger partial charge >= 0.3 is 0 Å². The Labute approximate surface area is 112 Å². The van der Waals surface area contributed by atoms with Crippen molar-refractivity contribution in [1.29, 1.82) is 0 Å². The van der Waals surface area contributed by atoms with Crippen molar-refractivity contribution in [2.75, 3.05) is 19.8 Å². The van der Waals surface area contributed by atoms with Crippen LogP contribution in [0.2, 0.25) is 0 Å². The zero-order valence-corrected chi connectivity index (χ0v) is 11.4. The summed E-state index contributed by atoms with van der Waals surface area (Å²) in [6, 6.07) is 5.34. The van der Waals surface area contributed by atoms with Crippen molar-refractivity contribution >= 4 is 0 Å². The van der Waals surface area contributed by atoms with Crippen LogP contribution in [0.5, 0.6) is 11.5 Å². The van der Waals surface area contributed by atoms with Crippen molar-refractivity contribution < 1.29 is 18.3 Å². The Kier molecular flexibility index (Phi) is 7.18. The van der Waals surface area contributed by atoms with Gasteiger partial charge in [-0.2, -0.15) is 0 Å². The smallest absolute Gasteiger partial charge is 0.272 e. The van der Waals surface area contributed by atoms with E-state index in [0.717, 1.165) is 18.5 Å². The second-order valence-corrected chi connectivity index (χ2v) is 4.10. The lowest BCUT2D eigenvalue weighted by atomic mass is 10.2. The molecule has 1 N–H and O–H groups in total. The predicted molar refractivity (Wildman–Crippen MR) is 71.1 cm³/mol. The minimum absolute atomic E-state index is 0.454. The lowest BCUT2D eigenvalue weighted by molar-refractivity contribution is 0.0812. The van der Waals surface area contributed by atoms with E-state index < -0.39 is 13.0 Å². The van der Waals surface area contributed by atoms with Crippen LogP contribution >= 0.6 is 0 Å². The lowest BCUT2D eigenvalue weighted by Gasteiger charge is -2.14. The zero-order chi connectivity index (χ0) is 14.1. The summed E-state index contributed by atoms with van der Waals surface area (Å²) >= 11 is 0. The van der Waals surface area contributed by atoms with Crippen LogP contribution in [0.1, 0.15) is 25.8 Å². The average Bonchev–Trinajstić information content (AvgIpc) is 2.41. The van der Waals surface area contributed by atoms with Crippen molar-refractivity contribution in [3.63, 3.8) is 0 Å². The number of alkyl halides is 2. The first-order valence-corrected chi connectivity index (χ1v) is 6.54. The van der Waals surface area contributed by atoms with E-state index in [4.69, 9.17) is 9.47 Å². The second kappa shape index (κ2) is 8.69. The van der Waals surface area contributed by atoms with E-state index in [1.54, 1.807) is 6.07 Å². The fourth-order valence-corrected chi connectivity index (χ4v) is 1.54. The first kappa shape index (κ1) is 15.7. The first-order valence-electron chi connectivity index (χ1n) is 6.54. The molecule has 0 aromatic heterocycles. The minimum atomic E-state index is -2.48. The molecule has 0 aliphatic rings. The van der Waals surface area contributed by atoms with Crippen LogP contribution in [0.25, 0.3) is 0 Å². The molecule has 0 spiro atoms. The molecule has 19 heavy (non-hydrogen) atoms. The Morgan fingerprint density at radius 2 is 2.00 bits per heavy atom.